The molecule has 0 fully saturated rings. The molecule has 6 nitrogen and oxygen atoms in total. The van der Waals surface area contributed by atoms with E-state index >= 15 is 0 Å². The number of benzene rings is 2. The van der Waals surface area contributed by atoms with E-state index in [1.807, 2.05) is 74.5 Å². The number of thioether (sulfide) groups is 1. The Bertz CT molecular complexity index is 780. The van der Waals surface area contributed by atoms with E-state index in [1.165, 1.54) is 0 Å². The average Bonchev–Trinajstić information content (AvgIpc) is 2.76. The van der Waals surface area contributed by atoms with Crippen molar-refractivity contribution in [3.05, 3.63) is 71.8 Å². The highest BCUT2D eigenvalue weighted by Crippen LogP contribution is 2.05. The van der Waals surface area contributed by atoms with E-state index in [4.69, 9.17) is 0 Å². The largest absolute Gasteiger partial charge is 0.273 e. The van der Waals surface area contributed by atoms with E-state index in [9.17, 15) is 9.59 Å². The number of hydrazone groups is 2. The van der Waals surface area contributed by atoms with Crippen LogP contribution >= 0.6 is 11.8 Å². The van der Waals surface area contributed by atoms with Gasteiger partial charge in [-0.2, -0.15) is 22.0 Å². The van der Waals surface area contributed by atoms with E-state index in [-0.39, 0.29) is 11.8 Å². The highest BCUT2D eigenvalue weighted by molar-refractivity contribution is 7.99. The normalized spacial score (nSPS) is 11.8. The molecule has 0 radical (unpaired) electrons. The van der Waals surface area contributed by atoms with Gasteiger partial charge in [-0.1, -0.05) is 60.7 Å². The number of amides is 2. The molecule has 29 heavy (non-hydrogen) atoms. The molecule has 0 saturated heterocycles. The van der Waals surface area contributed by atoms with Crippen LogP contribution in [-0.4, -0.2) is 34.7 Å². The molecule has 0 aromatic heterocycles. The first kappa shape index (κ1) is 22.4. The van der Waals surface area contributed by atoms with Gasteiger partial charge in [0.25, 0.3) is 0 Å². The van der Waals surface area contributed by atoms with Crippen LogP contribution in [0.1, 0.15) is 37.8 Å². The highest BCUT2D eigenvalue weighted by atomic mass is 32.2. The van der Waals surface area contributed by atoms with Crippen LogP contribution in [0.25, 0.3) is 0 Å². The topological polar surface area (TPSA) is 82.9 Å². The molecule has 0 saturated carbocycles. The number of rotatable bonds is 10. The maximum absolute atomic E-state index is 11.9. The molecule has 0 aliphatic carbocycles. The molecule has 2 aromatic carbocycles. The smallest absolute Gasteiger partial charge is 0.240 e. The lowest BCUT2D eigenvalue weighted by Crippen LogP contribution is -2.20. The molecule has 0 heterocycles. The minimum Gasteiger partial charge on any atom is -0.273 e. The number of nitrogens with zero attached hydrogens (tertiary/aromatic N) is 2. The van der Waals surface area contributed by atoms with Crippen LogP contribution < -0.4 is 10.9 Å². The van der Waals surface area contributed by atoms with Crippen molar-refractivity contribution < 1.29 is 9.59 Å². The lowest BCUT2D eigenvalue weighted by atomic mass is 10.1. The van der Waals surface area contributed by atoms with Crippen LogP contribution in [0.2, 0.25) is 0 Å². The Morgan fingerprint density at radius 2 is 1.10 bits per heavy atom. The molecular weight excluding hydrogens is 384 g/mol. The number of carbonyl (C=O) groups is 2. The lowest BCUT2D eigenvalue weighted by Gasteiger charge is -2.04. The third kappa shape index (κ3) is 8.74. The Hall–Kier alpha value is -2.93. The van der Waals surface area contributed by atoms with Gasteiger partial charge < -0.3 is 0 Å². The molecular formula is C22H26N4O2S. The lowest BCUT2D eigenvalue weighted by molar-refractivity contribution is -0.121. The van der Waals surface area contributed by atoms with Crippen molar-refractivity contribution in [2.24, 2.45) is 10.2 Å². The molecule has 0 aliphatic rings. The van der Waals surface area contributed by atoms with E-state index in [0.29, 0.717) is 24.3 Å². The Morgan fingerprint density at radius 3 is 1.48 bits per heavy atom. The molecule has 7 heteroatoms. The molecule has 0 aliphatic heterocycles. The second kappa shape index (κ2) is 12.5. The first-order valence-electron chi connectivity index (χ1n) is 9.41. The fourth-order valence-corrected chi connectivity index (χ4v) is 3.19. The molecule has 2 aromatic rings. The van der Waals surface area contributed by atoms with Crippen molar-refractivity contribution in [2.75, 3.05) is 11.5 Å². The van der Waals surface area contributed by atoms with Gasteiger partial charge in [0, 0.05) is 24.3 Å². The van der Waals surface area contributed by atoms with Crippen molar-refractivity contribution in [3.8, 4) is 0 Å². The zero-order valence-corrected chi connectivity index (χ0v) is 17.5. The number of hydrogen-bond donors (Lipinski definition) is 2. The number of hydrogen-bond acceptors (Lipinski definition) is 5. The van der Waals surface area contributed by atoms with Crippen LogP contribution in [0.3, 0.4) is 0 Å². The van der Waals surface area contributed by atoms with E-state index < -0.39 is 0 Å². The quantitative estimate of drug-likeness (QED) is 0.357. The van der Waals surface area contributed by atoms with Gasteiger partial charge in [0.05, 0.1) is 11.4 Å². The first-order chi connectivity index (χ1) is 14.1. The predicted molar refractivity (Wildman–Crippen MR) is 120 cm³/mol. The number of nitrogens with one attached hydrogen (secondary N) is 2. The summed E-state index contributed by atoms with van der Waals surface area (Å²) in [7, 11) is 0. The molecule has 0 spiro atoms. The molecule has 2 amide bonds. The van der Waals surface area contributed by atoms with Gasteiger partial charge in [0.2, 0.25) is 11.8 Å². The monoisotopic (exact) mass is 410 g/mol. The van der Waals surface area contributed by atoms with Crippen molar-refractivity contribution in [1.82, 2.24) is 10.9 Å². The van der Waals surface area contributed by atoms with Gasteiger partial charge in [-0.05, 0) is 25.0 Å². The Morgan fingerprint density at radius 1 is 0.724 bits per heavy atom. The van der Waals surface area contributed by atoms with Crippen LogP contribution in [0.15, 0.2) is 70.9 Å². The Kier molecular flexibility index (Phi) is 9.65. The van der Waals surface area contributed by atoms with E-state index in [1.54, 1.807) is 11.8 Å². The zero-order chi connectivity index (χ0) is 20.9. The molecule has 0 unspecified atom stereocenters. The third-order valence-electron chi connectivity index (χ3n) is 4.03. The first-order valence-corrected chi connectivity index (χ1v) is 10.6. The maximum atomic E-state index is 11.9. The molecule has 152 valence electrons. The number of carbonyl (C=O) groups excluding carboxylic acids is 2. The molecule has 2 rings (SSSR count). The maximum Gasteiger partial charge on any atom is 0.240 e. The van der Waals surface area contributed by atoms with Gasteiger partial charge >= 0.3 is 0 Å². The second-order valence-corrected chi connectivity index (χ2v) is 7.53. The summed E-state index contributed by atoms with van der Waals surface area (Å²) >= 11 is 1.55. The van der Waals surface area contributed by atoms with Crippen molar-refractivity contribution in [3.63, 3.8) is 0 Å². The van der Waals surface area contributed by atoms with Crippen molar-refractivity contribution in [1.29, 1.82) is 0 Å². The standard InChI is InChI=1S/C22H26N4O2S/c1-17(19-9-5-3-6-10-19)23-25-21(27)13-15-29-16-14-22(28)26-24-18(2)20-11-7-4-8-12-20/h3-12H,13-16H2,1-2H3,(H,25,27)(H,26,28). The highest BCUT2D eigenvalue weighted by Gasteiger charge is 2.04. The van der Waals surface area contributed by atoms with Crippen LogP contribution in [0, 0.1) is 0 Å². The van der Waals surface area contributed by atoms with Crippen LogP contribution in [-0.2, 0) is 9.59 Å². The van der Waals surface area contributed by atoms with E-state index in [0.717, 1.165) is 22.6 Å². The SMILES string of the molecule is CC(=NNC(=O)CCSCCC(=O)NN=C(C)c1ccccc1)c1ccccc1. The minimum atomic E-state index is -0.139. The summed E-state index contributed by atoms with van der Waals surface area (Å²) in [5.41, 5.74) is 8.59. The van der Waals surface area contributed by atoms with Gasteiger partial charge in [-0.3, -0.25) is 9.59 Å². The summed E-state index contributed by atoms with van der Waals surface area (Å²) in [6.07, 6.45) is 0.701. The average molecular weight is 411 g/mol. The molecule has 2 N–H and O–H groups in total. The summed E-state index contributed by atoms with van der Waals surface area (Å²) in [6, 6.07) is 19.3. The summed E-state index contributed by atoms with van der Waals surface area (Å²) in [5, 5.41) is 8.23. The Labute approximate surface area is 175 Å². The zero-order valence-electron chi connectivity index (χ0n) is 16.7. The predicted octanol–water partition coefficient (Wildman–Crippen LogP) is 3.58. The summed E-state index contributed by atoms with van der Waals surface area (Å²) in [5.74, 6) is 0.983. The van der Waals surface area contributed by atoms with Crippen LogP contribution in [0.4, 0.5) is 0 Å². The van der Waals surface area contributed by atoms with Gasteiger partial charge in [0.15, 0.2) is 0 Å². The Balaban J connectivity index is 1.59. The van der Waals surface area contributed by atoms with Crippen LogP contribution in [0.5, 0.6) is 0 Å². The summed E-state index contributed by atoms with van der Waals surface area (Å²) < 4.78 is 0. The molecule has 0 atom stereocenters. The fourth-order valence-electron chi connectivity index (χ4n) is 2.32. The fraction of sp³-hybridized carbons (Fsp3) is 0.273. The minimum absolute atomic E-state index is 0.139. The van der Waals surface area contributed by atoms with Gasteiger partial charge in [0.1, 0.15) is 0 Å². The van der Waals surface area contributed by atoms with Gasteiger partial charge in [-0.25, -0.2) is 10.9 Å². The van der Waals surface area contributed by atoms with Gasteiger partial charge in [-0.15, -0.1) is 0 Å². The van der Waals surface area contributed by atoms with Crippen molar-refractivity contribution in [2.45, 2.75) is 26.7 Å². The second-order valence-electron chi connectivity index (χ2n) is 6.31. The summed E-state index contributed by atoms with van der Waals surface area (Å²) in [4.78, 5) is 23.7. The molecule has 0 bridgehead atoms. The summed E-state index contributed by atoms with van der Waals surface area (Å²) in [6.45, 7) is 3.70. The third-order valence-corrected chi connectivity index (χ3v) is 5.01. The van der Waals surface area contributed by atoms with Crippen molar-refractivity contribution >= 4 is 35.0 Å². The van der Waals surface area contributed by atoms with E-state index in [2.05, 4.69) is 21.1 Å².